The second-order valence-electron chi connectivity index (χ2n) is 5.48. The predicted molar refractivity (Wildman–Crippen MR) is 73.7 cm³/mol. The summed E-state index contributed by atoms with van der Waals surface area (Å²) in [4.78, 5) is 0. The lowest BCUT2D eigenvalue weighted by Gasteiger charge is -2.29. The molecule has 1 atom stereocenters. The van der Waals surface area contributed by atoms with Gasteiger partial charge in [-0.05, 0) is 29.2 Å². The summed E-state index contributed by atoms with van der Waals surface area (Å²) in [7, 11) is 0. The van der Waals surface area contributed by atoms with Gasteiger partial charge in [0.2, 0.25) is 0 Å². The van der Waals surface area contributed by atoms with Gasteiger partial charge in [-0.3, -0.25) is 0 Å². The molecule has 1 nitrogen and oxygen atoms in total. The topological polar surface area (TPSA) is 20.2 Å². The first-order valence-electron chi connectivity index (χ1n) is 6.47. The molecule has 0 radical (unpaired) electrons. The molecule has 0 saturated heterocycles. The molecule has 0 fully saturated rings. The van der Waals surface area contributed by atoms with E-state index in [0.29, 0.717) is 10.8 Å². The number of halogens is 3. The highest BCUT2D eigenvalue weighted by molar-refractivity contribution is 5.90. The Morgan fingerprint density at radius 1 is 1.00 bits per heavy atom. The number of hydrogen-bond acceptors (Lipinski definition) is 1. The van der Waals surface area contributed by atoms with Gasteiger partial charge in [-0.15, -0.1) is 0 Å². The van der Waals surface area contributed by atoms with Crippen LogP contribution >= 0.6 is 0 Å². The van der Waals surface area contributed by atoms with Crippen molar-refractivity contribution >= 4 is 10.8 Å². The summed E-state index contributed by atoms with van der Waals surface area (Å²) >= 11 is 0. The first-order chi connectivity index (χ1) is 9.16. The van der Waals surface area contributed by atoms with Crippen LogP contribution in [0.5, 0.6) is 0 Å². The highest BCUT2D eigenvalue weighted by Gasteiger charge is 2.51. The van der Waals surface area contributed by atoms with Crippen molar-refractivity contribution in [1.29, 1.82) is 0 Å². The summed E-state index contributed by atoms with van der Waals surface area (Å²) < 4.78 is 39.4. The van der Waals surface area contributed by atoms with Crippen LogP contribution in [-0.2, 0) is 5.60 Å². The minimum Gasteiger partial charge on any atom is -0.376 e. The lowest BCUT2D eigenvalue weighted by atomic mass is 9.85. The van der Waals surface area contributed by atoms with Gasteiger partial charge < -0.3 is 5.11 Å². The van der Waals surface area contributed by atoms with Crippen molar-refractivity contribution in [3.05, 3.63) is 47.5 Å². The number of benzene rings is 2. The Kier molecular flexibility index (Phi) is 3.54. The first kappa shape index (κ1) is 14.9. The van der Waals surface area contributed by atoms with Crippen molar-refractivity contribution in [1.82, 2.24) is 0 Å². The molecule has 0 spiro atoms. The third-order valence-corrected chi connectivity index (χ3v) is 3.64. The zero-order valence-corrected chi connectivity index (χ0v) is 11.6. The van der Waals surface area contributed by atoms with Crippen LogP contribution in [0.1, 0.15) is 37.8 Å². The van der Waals surface area contributed by atoms with Crippen molar-refractivity contribution in [3.63, 3.8) is 0 Å². The normalized spacial score (nSPS) is 15.6. The number of aliphatic hydroxyl groups is 1. The highest BCUT2D eigenvalue weighted by Crippen LogP contribution is 2.42. The molecule has 0 heterocycles. The Balaban J connectivity index is 2.84. The molecule has 0 saturated carbocycles. The van der Waals surface area contributed by atoms with Crippen LogP contribution in [0.3, 0.4) is 0 Å². The molecule has 4 heteroatoms. The number of fused-ring (bicyclic) bond motifs is 1. The largest absolute Gasteiger partial charge is 0.421 e. The van der Waals surface area contributed by atoms with Gasteiger partial charge in [-0.25, -0.2) is 0 Å². The summed E-state index contributed by atoms with van der Waals surface area (Å²) in [5.74, 6) is 0.0730. The van der Waals surface area contributed by atoms with Gasteiger partial charge in [0, 0.05) is 5.56 Å². The Morgan fingerprint density at radius 2 is 1.55 bits per heavy atom. The Labute approximate surface area is 116 Å². The zero-order valence-electron chi connectivity index (χ0n) is 11.6. The van der Waals surface area contributed by atoms with Gasteiger partial charge in [0.25, 0.3) is 0 Å². The summed E-state index contributed by atoms with van der Waals surface area (Å²) in [6, 6.07) is 10.0. The molecule has 108 valence electrons. The van der Waals surface area contributed by atoms with Crippen LogP contribution in [0.4, 0.5) is 13.2 Å². The molecule has 2 aromatic rings. The van der Waals surface area contributed by atoms with E-state index in [1.54, 1.807) is 18.2 Å². The molecule has 0 bridgehead atoms. The molecular formula is C16H17F3O. The van der Waals surface area contributed by atoms with E-state index in [0.717, 1.165) is 12.5 Å². The van der Waals surface area contributed by atoms with E-state index >= 15 is 0 Å². The quantitative estimate of drug-likeness (QED) is 0.844. The maximum Gasteiger partial charge on any atom is 0.421 e. The standard InChI is InChI=1S/C16H17F3O/c1-10(2)12-8-4-6-11-7-5-9-13(14(11)12)15(3,20)16(17,18)19/h4-10,20H,1-3H3. The fraction of sp³-hybridized carbons (Fsp3) is 0.375. The SMILES string of the molecule is CC(C)c1cccc2cccc(C(C)(O)C(F)(F)F)c12. The fourth-order valence-electron chi connectivity index (χ4n) is 2.41. The van der Waals surface area contributed by atoms with Crippen molar-refractivity contribution in [3.8, 4) is 0 Å². The van der Waals surface area contributed by atoms with Crippen LogP contribution in [0, 0.1) is 0 Å². The molecule has 0 aliphatic rings. The van der Waals surface area contributed by atoms with Crippen molar-refractivity contribution in [2.45, 2.75) is 38.5 Å². The van der Waals surface area contributed by atoms with Crippen molar-refractivity contribution < 1.29 is 18.3 Å². The third-order valence-electron chi connectivity index (χ3n) is 3.64. The van der Waals surface area contributed by atoms with Gasteiger partial charge in [0.15, 0.2) is 5.60 Å². The number of alkyl halides is 3. The molecule has 20 heavy (non-hydrogen) atoms. The number of hydrogen-bond donors (Lipinski definition) is 1. The van der Waals surface area contributed by atoms with Crippen molar-refractivity contribution in [2.24, 2.45) is 0 Å². The van der Waals surface area contributed by atoms with E-state index in [-0.39, 0.29) is 11.5 Å². The van der Waals surface area contributed by atoms with Crippen LogP contribution in [0.25, 0.3) is 10.8 Å². The smallest absolute Gasteiger partial charge is 0.376 e. The minimum absolute atomic E-state index is 0.0730. The van der Waals surface area contributed by atoms with Gasteiger partial charge in [-0.1, -0.05) is 50.2 Å². The van der Waals surface area contributed by atoms with E-state index in [1.807, 2.05) is 26.0 Å². The zero-order chi connectivity index (χ0) is 15.1. The number of rotatable bonds is 2. The van der Waals surface area contributed by atoms with Crippen LogP contribution in [0.2, 0.25) is 0 Å². The third kappa shape index (κ3) is 2.29. The van der Waals surface area contributed by atoms with E-state index in [2.05, 4.69) is 0 Å². The second kappa shape index (κ2) is 4.77. The second-order valence-corrected chi connectivity index (χ2v) is 5.48. The maximum atomic E-state index is 13.1. The van der Waals surface area contributed by atoms with Crippen LogP contribution in [0.15, 0.2) is 36.4 Å². The Bertz CT molecular complexity index is 622. The van der Waals surface area contributed by atoms with Crippen LogP contribution in [-0.4, -0.2) is 11.3 Å². The Hall–Kier alpha value is -1.55. The molecule has 1 unspecified atom stereocenters. The summed E-state index contributed by atoms with van der Waals surface area (Å²) in [6.07, 6.45) is -4.72. The summed E-state index contributed by atoms with van der Waals surface area (Å²) in [5, 5.41) is 11.2. The van der Waals surface area contributed by atoms with E-state index in [1.165, 1.54) is 6.07 Å². The monoisotopic (exact) mass is 282 g/mol. The molecule has 0 aliphatic carbocycles. The molecule has 2 aromatic carbocycles. The molecule has 0 amide bonds. The molecule has 2 rings (SSSR count). The summed E-state index contributed by atoms with van der Waals surface area (Å²) in [5.41, 5.74) is -2.15. The van der Waals surface area contributed by atoms with E-state index in [4.69, 9.17) is 0 Å². The van der Waals surface area contributed by atoms with Gasteiger partial charge in [-0.2, -0.15) is 13.2 Å². The average Bonchev–Trinajstić information content (AvgIpc) is 2.35. The maximum absolute atomic E-state index is 13.1. The fourth-order valence-corrected chi connectivity index (χ4v) is 2.41. The summed E-state index contributed by atoms with van der Waals surface area (Å²) in [6.45, 7) is 4.65. The minimum atomic E-state index is -4.72. The lowest BCUT2D eigenvalue weighted by molar-refractivity contribution is -0.258. The van der Waals surface area contributed by atoms with Gasteiger partial charge >= 0.3 is 6.18 Å². The molecule has 1 N–H and O–H groups in total. The van der Waals surface area contributed by atoms with Crippen molar-refractivity contribution in [2.75, 3.05) is 0 Å². The molecule has 0 aromatic heterocycles. The average molecular weight is 282 g/mol. The molecule has 0 aliphatic heterocycles. The first-order valence-corrected chi connectivity index (χ1v) is 6.47. The predicted octanol–water partition coefficient (Wildman–Crippen LogP) is 4.73. The van der Waals surface area contributed by atoms with Gasteiger partial charge in [0.1, 0.15) is 0 Å². The lowest BCUT2D eigenvalue weighted by Crippen LogP contribution is -2.39. The van der Waals surface area contributed by atoms with Gasteiger partial charge in [0.05, 0.1) is 0 Å². The van der Waals surface area contributed by atoms with Crippen LogP contribution < -0.4 is 0 Å². The Morgan fingerprint density at radius 3 is 2.05 bits per heavy atom. The molecular weight excluding hydrogens is 265 g/mol. The highest BCUT2D eigenvalue weighted by atomic mass is 19.4. The van der Waals surface area contributed by atoms with E-state index < -0.39 is 11.8 Å². The van der Waals surface area contributed by atoms with E-state index in [9.17, 15) is 18.3 Å².